The van der Waals surface area contributed by atoms with Crippen LogP contribution in [0.5, 0.6) is 0 Å². The molecule has 0 spiro atoms. The van der Waals surface area contributed by atoms with Gasteiger partial charge in [-0.05, 0) is 57.4 Å². The lowest BCUT2D eigenvalue weighted by Crippen LogP contribution is -2.46. The van der Waals surface area contributed by atoms with E-state index in [2.05, 4.69) is 11.8 Å². The van der Waals surface area contributed by atoms with Crippen molar-refractivity contribution in [2.24, 2.45) is 17.6 Å². The Bertz CT molecular complexity index is 291. The molecule has 0 heterocycles. The lowest BCUT2D eigenvalue weighted by Gasteiger charge is -2.38. The summed E-state index contributed by atoms with van der Waals surface area (Å²) in [7, 11) is 0. The zero-order valence-electron chi connectivity index (χ0n) is 13.2. The van der Waals surface area contributed by atoms with Crippen molar-refractivity contribution >= 4 is 5.91 Å². The van der Waals surface area contributed by atoms with Crippen molar-refractivity contribution < 1.29 is 4.79 Å². The predicted molar refractivity (Wildman–Crippen MR) is 83.4 cm³/mol. The van der Waals surface area contributed by atoms with E-state index in [-0.39, 0.29) is 0 Å². The molecule has 0 aromatic carbocycles. The van der Waals surface area contributed by atoms with Crippen LogP contribution in [0.3, 0.4) is 0 Å². The van der Waals surface area contributed by atoms with Crippen LogP contribution in [0.4, 0.5) is 0 Å². The summed E-state index contributed by atoms with van der Waals surface area (Å²) in [4.78, 5) is 15.1. The molecule has 2 aliphatic rings. The maximum Gasteiger partial charge on any atom is 0.225 e. The highest BCUT2D eigenvalue weighted by atomic mass is 16.2. The molecule has 0 saturated heterocycles. The van der Waals surface area contributed by atoms with Gasteiger partial charge in [-0.25, -0.2) is 0 Å². The first-order valence-electron chi connectivity index (χ1n) is 8.73. The van der Waals surface area contributed by atoms with Gasteiger partial charge in [0.25, 0.3) is 0 Å². The summed E-state index contributed by atoms with van der Waals surface area (Å²) in [6.07, 6.45) is 12.0. The van der Waals surface area contributed by atoms with E-state index in [0.29, 0.717) is 24.4 Å². The summed E-state index contributed by atoms with van der Waals surface area (Å²) in [5.41, 5.74) is 5.67. The molecule has 0 aromatic rings. The molecule has 2 aliphatic carbocycles. The Morgan fingerprint density at radius 3 is 2.30 bits per heavy atom. The first kappa shape index (κ1) is 15.8. The van der Waals surface area contributed by atoms with Crippen LogP contribution in [0.1, 0.15) is 71.1 Å². The van der Waals surface area contributed by atoms with Gasteiger partial charge in [-0.2, -0.15) is 0 Å². The highest BCUT2D eigenvalue weighted by molar-refractivity contribution is 5.79. The average Bonchev–Trinajstić information content (AvgIpc) is 2.49. The average molecular weight is 280 g/mol. The maximum absolute atomic E-state index is 12.9. The summed E-state index contributed by atoms with van der Waals surface area (Å²) < 4.78 is 0. The maximum atomic E-state index is 12.9. The van der Waals surface area contributed by atoms with E-state index < -0.39 is 0 Å². The van der Waals surface area contributed by atoms with Crippen LogP contribution < -0.4 is 5.73 Å². The molecule has 0 unspecified atom stereocenters. The number of carbonyl (C=O) groups excluding carboxylic acids is 1. The molecule has 2 N–H and O–H groups in total. The van der Waals surface area contributed by atoms with Gasteiger partial charge < -0.3 is 10.6 Å². The zero-order valence-corrected chi connectivity index (χ0v) is 13.2. The third-order valence-electron chi connectivity index (χ3n) is 5.27. The Kier molecular flexibility index (Phi) is 6.34. The molecule has 0 aliphatic heterocycles. The minimum absolute atomic E-state index is 0.297. The highest BCUT2D eigenvalue weighted by Gasteiger charge is 2.31. The van der Waals surface area contributed by atoms with Gasteiger partial charge >= 0.3 is 0 Å². The Balaban J connectivity index is 1.95. The van der Waals surface area contributed by atoms with E-state index in [1.165, 1.54) is 44.9 Å². The molecule has 2 saturated carbocycles. The first-order chi connectivity index (χ1) is 9.72. The molecule has 20 heavy (non-hydrogen) atoms. The van der Waals surface area contributed by atoms with Crippen LogP contribution in [-0.2, 0) is 4.79 Å². The number of rotatable bonds is 5. The Morgan fingerprint density at radius 1 is 1.05 bits per heavy atom. The van der Waals surface area contributed by atoms with Gasteiger partial charge in [-0.1, -0.05) is 26.2 Å². The third kappa shape index (κ3) is 4.21. The van der Waals surface area contributed by atoms with E-state index in [1.807, 2.05) is 0 Å². The third-order valence-corrected chi connectivity index (χ3v) is 5.27. The van der Waals surface area contributed by atoms with Gasteiger partial charge in [0.2, 0.25) is 5.91 Å². The number of hydrogen-bond acceptors (Lipinski definition) is 2. The molecule has 2 rings (SSSR count). The number of nitrogens with zero attached hydrogens (tertiary/aromatic N) is 1. The Labute approximate surface area is 124 Å². The molecule has 0 atom stereocenters. The van der Waals surface area contributed by atoms with Gasteiger partial charge in [0.05, 0.1) is 0 Å². The van der Waals surface area contributed by atoms with Crippen LogP contribution >= 0.6 is 0 Å². The standard InChI is InChI=1S/C17H32N2O/c1-14-8-10-15(11-9-14)17(20)19(13-5-12-18)16-6-3-2-4-7-16/h14-16H,2-13,18H2,1H3. The molecule has 3 nitrogen and oxygen atoms in total. The van der Waals surface area contributed by atoms with Crippen molar-refractivity contribution in [3.63, 3.8) is 0 Å². The topological polar surface area (TPSA) is 46.3 Å². The summed E-state index contributed by atoms with van der Waals surface area (Å²) in [5, 5.41) is 0. The zero-order chi connectivity index (χ0) is 14.4. The smallest absolute Gasteiger partial charge is 0.225 e. The van der Waals surface area contributed by atoms with Gasteiger partial charge in [-0.3, -0.25) is 4.79 Å². The summed E-state index contributed by atoms with van der Waals surface area (Å²) in [6, 6.07) is 0.502. The van der Waals surface area contributed by atoms with Gasteiger partial charge in [0.1, 0.15) is 0 Å². The van der Waals surface area contributed by atoms with E-state index in [4.69, 9.17) is 5.73 Å². The molecule has 3 heteroatoms. The molecule has 0 bridgehead atoms. The molecular weight excluding hydrogens is 248 g/mol. The van der Waals surface area contributed by atoms with Crippen molar-refractivity contribution in [1.29, 1.82) is 0 Å². The van der Waals surface area contributed by atoms with E-state index in [9.17, 15) is 4.79 Å². The van der Waals surface area contributed by atoms with Crippen LogP contribution in [0.25, 0.3) is 0 Å². The molecule has 0 aromatic heterocycles. The molecule has 0 radical (unpaired) electrons. The van der Waals surface area contributed by atoms with E-state index in [1.54, 1.807) is 0 Å². The number of carbonyl (C=O) groups is 1. The second-order valence-corrected chi connectivity index (χ2v) is 6.92. The second-order valence-electron chi connectivity index (χ2n) is 6.92. The molecule has 116 valence electrons. The molecule has 1 amide bonds. The summed E-state index contributed by atoms with van der Waals surface area (Å²) in [6.45, 7) is 3.89. The minimum atomic E-state index is 0.297. The minimum Gasteiger partial charge on any atom is -0.339 e. The van der Waals surface area contributed by atoms with Crippen LogP contribution in [0.15, 0.2) is 0 Å². The van der Waals surface area contributed by atoms with E-state index >= 15 is 0 Å². The van der Waals surface area contributed by atoms with Crippen LogP contribution in [-0.4, -0.2) is 29.9 Å². The molecule has 2 fully saturated rings. The second kappa shape index (κ2) is 8.02. The van der Waals surface area contributed by atoms with Crippen molar-refractivity contribution in [2.45, 2.75) is 77.2 Å². The SMILES string of the molecule is CC1CCC(C(=O)N(CCCN)C2CCCCC2)CC1. The van der Waals surface area contributed by atoms with Crippen molar-refractivity contribution in [3.05, 3.63) is 0 Å². The normalized spacial score (nSPS) is 28.3. The summed E-state index contributed by atoms with van der Waals surface area (Å²) in [5.74, 6) is 1.55. The summed E-state index contributed by atoms with van der Waals surface area (Å²) >= 11 is 0. The van der Waals surface area contributed by atoms with Crippen molar-refractivity contribution in [1.82, 2.24) is 4.90 Å². The lowest BCUT2D eigenvalue weighted by atomic mass is 9.81. The van der Waals surface area contributed by atoms with Gasteiger partial charge in [-0.15, -0.1) is 0 Å². The first-order valence-corrected chi connectivity index (χ1v) is 8.73. The fraction of sp³-hybridized carbons (Fsp3) is 0.941. The molecular formula is C17H32N2O. The fourth-order valence-electron chi connectivity index (χ4n) is 3.87. The number of hydrogen-bond donors (Lipinski definition) is 1. The Hall–Kier alpha value is -0.570. The Morgan fingerprint density at radius 2 is 1.70 bits per heavy atom. The van der Waals surface area contributed by atoms with Crippen LogP contribution in [0.2, 0.25) is 0 Å². The number of amides is 1. The fourth-order valence-corrected chi connectivity index (χ4v) is 3.87. The number of nitrogens with two attached hydrogens (primary N) is 1. The van der Waals surface area contributed by atoms with Gasteiger partial charge in [0.15, 0.2) is 0 Å². The van der Waals surface area contributed by atoms with E-state index in [0.717, 1.165) is 31.7 Å². The quantitative estimate of drug-likeness (QED) is 0.839. The lowest BCUT2D eigenvalue weighted by molar-refractivity contribution is -0.140. The van der Waals surface area contributed by atoms with Crippen molar-refractivity contribution in [3.8, 4) is 0 Å². The van der Waals surface area contributed by atoms with Gasteiger partial charge in [0, 0.05) is 18.5 Å². The largest absolute Gasteiger partial charge is 0.339 e. The monoisotopic (exact) mass is 280 g/mol. The van der Waals surface area contributed by atoms with Crippen LogP contribution in [0, 0.1) is 11.8 Å². The highest BCUT2D eigenvalue weighted by Crippen LogP contribution is 2.32. The predicted octanol–water partition coefficient (Wildman–Crippen LogP) is 3.32. The van der Waals surface area contributed by atoms with Crippen molar-refractivity contribution in [2.75, 3.05) is 13.1 Å².